The first kappa shape index (κ1) is 13.6. The molecule has 2 atom stereocenters. The van der Waals surface area contributed by atoms with Crippen molar-refractivity contribution in [1.29, 1.82) is 0 Å². The van der Waals surface area contributed by atoms with Gasteiger partial charge in [-0.25, -0.2) is 0 Å². The lowest BCUT2D eigenvalue weighted by Crippen LogP contribution is -2.39. The van der Waals surface area contributed by atoms with Gasteiger partial charge < -0.3 is 15.5 Å². The summed E-state index contributed by atoms with van der Waals surface area (Å²) < 4.78 is 0. The zero-order valence-electron chi connectivity index (χ0n) is 9.94. The second kappa shape index (κ2) is 6.35. The predicted octanol–water partition coefficient (Wildman–Crippen LogP) is 1.92. The Bertz CT molecular complexity index is 285. The molecule has 1 aromatic rings. The third kappa shape index (κ3) is 4.61. The molecule has 0 saturated heterocycles. The summed E-state index contributed by atoms with van der Waals surface area (Å²) in [5, 5.41) is 24.8. The van der Waals surface area contributed by atoms with Crippen LogP contribution in [0.3, 0.4) is 0 Å². The van der Waals surface area contributed by atoms with E-state index in [0.717, 1.165) is 17.7 Å². The fourth-order valence-electron chi connectivity index (χ4n) is 1.69. The average Bonchev–Trinajstić information content (AvgIpc) is 2.69. The van der Waals surface area contributed by atoms with Gasteiger partial charge in [-0.05, 0) is 24.8 Å². The Balaban J connectivity index is 2.25. The van der Waals surface area contributed by atoms with E-state index in [9.17, 15) is 10.2 Å². The van der Waals surface area contributed by atoms with Gasteiger partial charge in [0, 0.05) is 18.0 Å². The number of hydrogen-bond acceptors (Lipinski definition) is 4. The van der Waals surface area contributed by atoms with Crippen molar-refractivity contribution < 1.29 is 10.2 Å². The lowest BCUT2D eigenvalue weighted by atomic mass is 10.0. The maximum absolute atomic E-state index is 9.92. The van der Waals surface area contributed by atoms with E-state index in [-0.39, 0.29) is 0 Å². The molecule has 92 valence electrons. The highest BCUT2D eigenvalue weighted by Gasteiger charge is 2.19. The van der Waals surface area contributed by atoms with Crippen LogP contribution >= 0.6 is 11.3 Å². The zero-order valence-corrected chi connectivity index (χ0v) is 10.8. The minimum atomic E-state index is -0.677. The van der Waals surface area contributed by atoms with Gasteiger partial charge in [0.25, 0.3) is 0 Å². The molecule has 1 rings (SSSR count). The lowest BCUT2D eigenvalue weighted by molar-refractivity contribution is 0.0463. The Kier molecular flexibility index (Phi) is 5.41. The molecule has 3 N–H and O–H groups in total. The summed E-state index contributed by atoms with van der Waals surface area (Å²) in [7, 11) is 0. The van der Waals surface area contributed by atoms with E-state index < -0.39 is 11.7 Å². The summed E-state index contributed by atoms with van der Waals surface area (Å²) in [5.41, 5.74) is -0.677. The summed E-state index contributed by atoms with van der Waals surface area (Å²) in [5.74, 6) is 0. The van der Waals surface area contributed by atoms with Gasteiger partial charge in [-0.2, -0.15) is 0 Å². The maximum atomic E-state index is 9.92. The standard InChI is InChI=1S/C12H21NO2S/c1-3-6-12(2,15)9-13-8-10(14)11-5-4-7-16-11/h4-5,7,10,13-15H,3,6,8-9H2,1-2H3. The predicted molar refractivity (Wildman–Crippen MR) is 67.7 cm³/mol. The van der Waals surface area contributed by atoms with Crippen LogP contribution in [0.1, 0.15) is 37.7 Å². The summed E-state index contributed by atoms with van der Waals surface area (Å²) in [6.07, 6.45) is 1.26. The van der Waals surface area contributed by atoms with Crippen LogP contribution < -0.4 is 5.32 Å². The van der Waals surface area contributed by atoms with Gasteiger partial charge >= 0.3 is 0 Å². The monoisotopic (exact) mass is 243 g/mol. The van der Waals surface area contributed by atoms with Crippen molar-refractivity contribution in [2.75, 3.05) is 13.1 Å². The van der Waals surface area contributed by atoms with Crippen LogP contribution in [0.25, 0.3) is 0 Å². The van der Waals surface area contributed by atoms with Crippen molar-refractivity contribution >= 4 is 11.3 Å². The molecule has 0 aliphatic carbocycles. The molecule has 0 bridgehead atoms. The van der Waals surface area contributed by atoms with Gasteiger partial charge in [-0.1, -0.05) is 19.4 Å². The van der Waals surface area contributed by atoms with Gasteiger partial charge in [-0.3, -0.25) is 0 Å². The van der Waals surface area contributed by atoms with Crippen LogP contribution in [-0.4, -0.2) is 28.9 Å². The Labute approximate surface area is 101 Å². The molecular formula is C12H21NO2S. The first-order valence-corrected chi connectivity index (χ1v) is 6.57. The number of thiophene rings is 1. The van der Waals surface area contributed by atoms with Crippen LogP contribution in [0.5, 0.6) is 0 Å². The molecule has 0 aromatic carbocycles. The molecular weight excluding hydrogens is 222 g/mol. The minimum Gasteiger partial charge on any atom is -0.389 e. The third-order valence-corrected chi connectivity index (χ3v) is 3.48. The Morgan fingerprint density at radius 1 is 1.56 bits per heavy atom. The second-order valence-corrected chi connectivity index (χ2v) is 5.39. The number of rotatable bonds is 7. The average molecular weight is 243 g/mol. The fourth-order valence-corrected chi connectivity index (χ4v) is 2.40. The fraction of sp³-hybridized carbons (Fsp3) is 0.667. The van der Waals surface area contributed by atoms with Gasteiger partial charge in [0.15, 0.2) is 0 Å². The van der Waals surface area contributed by atoms with Gasteiger partial charge in [0.2, 0.25) is 0 Å². The molecule has 0 amide bonds. The first-order valence-electron chi connectivity index (χ1n) is 5.70. The van der Waals surface area contributed by atoms with E-state index in [2.05, 4.69) is 12.2 Å². The quantitative estimate of drug-likeness (QED) is 0.686. The highest BCUT2D eigenvalue weighted by molar-refractivity contribution is 7.10. The molecule has 16 heavy (non-hydrogen) atoms. The van der Waals surface area contributed by atoms with Crippen molar-refractivity contribution in [3.8, 4) is 0 Å². The van der Waals surface area contributed by atoms with Gasteiger partial charge in [0.05, 0.1) is 5.60 Å². The third-order valence-electron chi connectivity index (χ3n) is 2.50. The van der Waals surface area contributed by atoms with E-state index in [1.807, 2.05) is 24.4 Å². The molecule has 4 heteroatoms. The first-order chi connectivity index (χ1) is 7.55. The molecule has 0 radical (unpaired) electrons. The maximum Gasteiger partial charge on any atom is 0.101 e. The molecule has 3 nitrogen and oxygen atoms in total. The van der Waals surface area contributed by atoms with Crippen LogP contribution in [0.15, 0.2) is 17.5 Å². The molecule has 2 unspecified atom stereocenters. The Hall–Kier alpha value is -0.420. The normalized spacial score (nSPS) is 17.0. The van der Waals surface area contributed by atoms with Crippen molar-refractivity contribution in [2.45, 2.75) is 38.4 Å². The zero-order chi connectivity index (χ0) is 12.0. The SMILES string of the molecule is CCCC(C)(O)CNCC(O)c1cccs1. The van der Waals surface area contributed by atoms with E-state index in [1.165, 1.54) is 0 Å². The minimum absolute atomic E-state index is 0.475. The summed E-state index contributed by atoms with van der Waals surface area (Å²) in [6.45, 7) is 4.87. The van der Waals surface area contributed by atoms with Crippen molar-refractivity contribution in [1.82, 2.24) is 5.32 Å². The highest BCUT2D eigenvalue weighted by Crippen LogP contribution is 2.18. The topological polar surface area (TPSA) is 52.5 Å². The van der Waals surface area contributed by atoms with Gasteiger partial charge in [0.1, 0.15) is 6.10 Å². The Morgan fingerprint density at radius 2 is 2.31 bits per heavy atom. The summed E-state index contributed by atoms with van der Waals surface area (Å²) in [6, 6.07) is 3.84. The second-order valence-electron chi connectivity index (χ2n) is 4.41. The smallest absolute Gasteiger partial charge is 0.101 e. The Morgan fingerprint density at radius 3 is 2.88 bits per heavy atom. The van der Waals surface area contributed by atoms with E-state index in [4.69, 9.17) is 0 Å². The lowest BCUT2D eigenvalue weighted by Gasteiger charge is -2.23. The summed E-state index contributed by atoms with van der Waals surface area (Å²) in [4.78, 5) is 0.961. The molecule has 0 spiro atoms. The largest absolute Gasteiger partial charge is 0.389 e. The van der Waals surface area contributed by atoms with Crippen molar-refractivity contribution in [3.63, 3.8) is 0 Å². The van der Waals surface area contributed by atoms with Crippen LogP contribution in [0.4, 0.5) is 0 Å². The molecule has 1 heterocycles. The molecule has 1 aromatic heterocycles. The van der Waals surface area contributed by atoms with E-state index in [1.54, 1.807) is 11.3 Å². The highest BCUT2D eigenvalue weighted by atomic mass is 32.1. The van der Waals surface area contributed by atoms with Gasteiger partial charge in [-0.15, -0.1) is 11.3 Å². The van der Waals surface area contributed by atoms with Crippen molar-refractivity contribution in [2.24, 2.45) is 0 Å². The van der Waals surface area contributed by atoms with Crippen LogP contribution in [0.2, 0.25) is 0 Å². The molecule has 0 saturated carbocycles. The number of hydrogen-bond donors (Lipinski definition) is 3. The van der Waals surface area contributed by atoms with E-state index in [0.29, 0.717) is 13.1 Å². The van der Waals surface area contributed by atoms with Crippen LogP contribution in [-0.2, 0) is 0 Å². The van der Waals surface area contributed by atoms with E-state index >= 15 is 0 Å². The number of nitrogens with one attached hydrogen (secondary N) is 1. The molecule has 0 aliphatic heterocycles. The number of aliphatic hydroxyl groups excluding tert-OH is 1. The van der Waals surface area contributed by atoms with Crippen molar-refractivity contribution in [3.05, 3.63) is 22.4 Å². The van der Waals surface area contributed by atoms with Crippen LogP contribution in [0, 0.1) is 0 Å². The molecule has 0 fully saturated rings. The molecule has 0 aliphatic rings. The number of aliphatic hydroxyl groups is 2. The summed E-state index contributed by atoms with van der Waals surface area (Å²) >= 11 is 1.55.